The zero-order valence-electron chi connectivity index (χ0n) is 17.2. The maximum absolute atomic E-state index is 12.6. The summed E-state index contributed by atoms with van der Waals surface area (Å²) in [6.07, 6.45) is 0.921. The highest BCUT2D eigenvalue weighted by Crippen LogP contribution is 2.09. The van der Waals surface area contributed by atoms with Gasteiger partial charge in [0.2, 0.25) is 17.7 Å². The number of hydrogen-bond donors (Lipinski definition) is 6. The lowest BCUT2D eigenvalue weighted by Crippen LogP contribution is -2.58. The Morgan fingerprint density at radius 2 is 1.43 bits per heavy atom. The maximum Gasteiger partial charge on any atom is 0.326 e. The number of carbonyl (C=O) groups excluding carboxylic acids is 3. The molecule has 0 aromatic carbocycles. The summed E-state index contributed by atoms with van der Waals surface area (Å²) in [6, 6.07) is -3.75. The Labute approximate surface area is 172 Å². The Bertz CT molecular complexity index is 556. The molecule has 0 heterocycles. The van der Waals surface area contributed by atoms with Crippen LogP contribution in [0.4, 0.5) is 0 Å². The lowest BCUT2D eigenvalue weighted by atomic mass is 9.99. The molecule has 0 spiro atoms. The topological polar surface area (TPSA) is 151 Å². The average molecular weight is 419 g/mol. The van der Waals surface area contributed by atoms with E-state index in [2.05, 4.69) is 28.6 Å². The third-order valence-corrected chi connectivity index (χ3v) is 4.71. The Morgan fingerprint density at radius 3 is 1.82 bits per heavy atom. The van der Waals surface area contributed by atoms with E-state index in [4.69, 9.17) is 5.73 Å². The minimum atomic E-state index is -1.14. The average Bonchev–Trinajstić information content (AvgIpc) is 2.61. The Hall–Kier alpha value is -1.81. The second kappa shape index (κ2) is 12.6. The van der Waals surface area contributed by atoms with E-state index in [9.17, 15) is 24.3 Å². The molecule has 0 aliphatic heterocycles. The molecule has 0 aromatic heterocycles. The summed E-state index contributed by atoms with van der Waals surface area (Å²) in [6.45, 7) is 8.83. The van der Waals surface area contributed by atoms with Gasteiger partial charge in [0.1, 0.15) is 18.1 Å². The first-order chi connectivity index (χ1) is 12.9. The normalized spacial score (nSPS) is 16.4. The van der Waals surface area contributed by atoms with Gasteiger partial charge in [0.15, 0.2) is 0 Å². The number of nitrogens with one attached hydrogen (secondary N) is 3. The van der Waals surface area contributed by atoms with Crippen molar-refractivity contribution in [2.75, 3.05) is 5.75 Å². The number of carboxylic acids is 1. The van der Waals surface area contributed by atoms with E-state index in [1.807, 2.05) is 20.8 Å². The number of nitrogens with two attached hydrogens (primary N) is 1. The standard InChI is InChI=1S/C18H34N4O5S/c1-6-10(4)14(18(26)27)22-17(25)13(8-28)21-16(24)12(7-9(2)3)20-15(23)11(5)19/h9-14,28H,6-8,19H2,1-5H3,(H,20,23)(H,21,24)(H,22,25)(H,26,27). The summed E-state index contributed by atoms with van der Waals surface area (Å²) in [5, 5.41) is 16.9. The minimum absolute atomic E-state index is 0.0277. The van der Waals surface area contributed by atoms with E-state index in [0.29, 0.717) is 12.8 Å². The molecule has 9 nitrogen and oxygen atoms in total. The second-order valence-corrected chi connectivity index (χ2v) is 7.80. The van der Waals surface area contributed by atoms with Crippen molar-refractivity contribution in [2.45, 2.75) is 71.6 Å². The van der Waals surface area contributed by atoms with Crippen molar-refractivity contribution in [3.05, 3.63) is 0 Å². The van der Waals surface area contributed by atoms with E-state index in [-0.39, 0.29) is 17.6 Å². The number of aliphatic carboxylic acids is 1. The van der Waals surface area contributed by atoms with Crippen LogP contribution in [-0.2, 0) is 19.2 Å². The summed E-state index contributed by atoms with van der Waals surface area (Å²) in [7, 11) is 0. The summed E-state index contributed by atoms with van der Waals surface area (Å²) >= 11 is 4.09. The highest BCUT2D eigenvalue weighted by Gasteiger charge is 2.31. The number of carbonyl (C=O) groups is 4. The summed E-state index contributed by atoms with van der Waals surface area (Å²) in [5.41, 5.74) is 5.54. The molecule has 3 amide bonds. The van der Waals surface area contributed by atoms with Crippen molar-refractivity contribution < 1.29 is 24.3 Å². The number of thiol groups is 1. The van der Waals surface area contributed by atoms with Crippen LogP contribution in [0.2, 0.25) is 0 Å². The zero-order chi connectivity index (χ0) is 22.0. The van der Waals surface area contributed by atoms with E-state index < -0.39 is 47.9 Å². The van der Waals surface area contributed by atoms with Crippen LogP contribution in [0.15, 0.2) is 0 Å². The van der Waals surface area contributed by atoms with Gasteiger partial charge in [0, 0.05) is 5.75 Å². The Morgan fingerprint density at radius 1 is 0.929 bits per heavy atom. The van der Waals surface area contributed by atoms with Crippen molar-refractivity contribution >= 4 is 36.3 Å². The fourth-order valence-corrected chi connectivity index (χ4v) is 2.67. The minimum Gasteiger partial charge on any atom is -0.480 e. The molecule has 162 valence electrons. The van der Waals surface area contributed by atoms with Crippen molar-refractivity contribution in [2.24, 2.45) is 17.6 Å². The fraction of sp³-hybridized carbons (Fsp3) is 0.778. The number of amides is 3. The smallest absolute Gasteiger partial charge is 0.326 e. The number of carboxylic acid groups (broad SMARTS) is 1. The van der Waals surface area contributed by atoms with Gasteiger partial charge in [-0.25, -0.2) is 4.79 Å². The van der Waals surface area contributed by atoms with E-state index in [1.165, 1.54) is 6.92 Å². The zero-order valence-corrected chi connectivity index (χ0v) is 18.1. The molecule has 0 aromatic rings. The Balaban J connectivity index is 5.20. The van der Waals surface area contributed by atoms with Crippen molar-refractivity contribution in [3.8, 4) is 0 Å². The number of hydrogen-bond acceptors (Lipinski definition) is 6. The molecule has 5 atom stereocenters. The highest BCUT2D eigenvalue weighted by atomic mass is 32.1. The molecule has 10 heteroatoms. The summed E-state index contributed by atoms with van der Waals surface area (Å²) < 4.78 is 0. The van der Waals surface area contributed by atoms with Gasteiger partial charge >= 0.3 is 5.97 Å². The molecule has 28 heavy (non-hydrogen) atoms. The van der Waals surface area contributed by atoms with Crippen LogP contribution in [0.1, 0.15) is 47.5 Å². The molecule has 0 aliphatic carbocycles. The molecule has 5 unspecified atom stereocenters. The van der Waals surface area contributed by atoms with Gasteiger partial charge in [-0.3, -0.25) is 14.4 Å². The SMILES string of the molecule is CCC(C)C(NC(=O)C(CS)NC(=O)C(CC(C)C)NC(=O)C(C)N)C(=O)O. The van der Waals surface area contributed by atoms with Crippen LogP contribution < -0.4 is 21.7 Å². The first kappa shape index (κ1) is 26.2. The third-order valence-electron chi connectivity index (χ3n) is 4.35. The van der Waals surface area contributed by atoms with E-state index in [0.717, 1.165) is 0 Å². The van der Waals surface area contributed by atoms with Crippen LogP contribution in [-0.4, -0.2) is 58.7 Å². The monoisotopic (exact) mass is 418 g/mol. The molecule has 0 rings (SSSR count). The van der Waals surface area contributed by atoms with Crippen LogP contribution in [0, 0.1) is 11.8 Å². The van der Waals surface area contributed by atoms with Crippen LogP contribution >= 0.6 is 12.6 Å². The van der Waals surface area contributed by atoms with Gasteiger partial charge in [0.05, 0.1) is 6.04 Å². The quantitative estimate of drug-likeness (QED) is 0.244. The van der Waals surface area contributed by atoms with E-state index in [1.54, 1.807) is 6.92 Å². The molecule has 0 bridgehead atoms. The van der Waals surface area contributed by atoms with Crippen molar-refractivity contribution in [1.29, 1.82) is 0 Å². The highest BCUT2D eigenvalue weighted by molar-refractivity contribution is 7.80. The summed E-state index contributed by atoms with van der Waals surface area (Å²) in [4.78, 5) is 48.4. The molecule has 0 fully saturated rings. The van der Waals surface area contributed by atoms with Gasteiger partial charge in [0.25, 0.3) is 0 Å². The molecule has 0 saturated heterocycles. The van der Waals surface area contributed by atoms with Gasteiger partial charge in [-0.1, -0.05) is 34.1 Å². The van der Waals surface area contributed by atoms with Crippen LogP contribution in [0.3, 0.4) is 0 Å². The largest absolute Gasteiger partial charge is 0.480 e. The first-order valence-electron chi connectivity index (χ1n) is 9.44. The lowest BCUT2D eigenvalue weighted by Gasteiger charge is -2.26. The van der Waals surface area contributed by atoms with Gasteiger partial charge in [-0.15, -0.1) is 0 Å². The summed E-state index contributed by atoms with van der Waals surface area (Å²) in [5.74, 6) is -3.01. The third kappa shape index (κ3) is 8.92. The van der Waals surface area contributed by atoms with Crippen molar-refractivity contribution in [1.82, 2.24) is 16.0 Å². The molecule has 0 aliphatic rings. The van der Waals surface area contributed by atoms with Gasteiger partial charge < -0.3 is 26.8 Å². The molecule has 0 saturated carbocycles. The van der Waals surface area contributed by atoms with Crippen LogP contribution in [0.25, 0.3) is 0 Å². The van der Waals surface area contributed by atoms with Gasteiger partial charge in [-0.2, -0.15) is 12.6 Å². The van der Waals surface area contributed by atoms with Crippen LogP contribution in [0.5, 0.6) is 0 Å². The predicted molar refractivity (Wildman–Crippen MR) is 110 cm³/mol. The number of rotatable bonds is 12. The fourth-order valence-electron chi connectivity index (χ4n) is 2.41. The maximum atomic E-state index is 12.6. The van der Waals surface area contributed by atoms with E-state index >= 15 is 0 Å². The Kier molecular flexibility index (Phi) is 11.8. The molecule has 0 radical (unpaired) electrons. The lowest BCUT2D eigenvalue weighted by molar-refractivity contribution is -0.143. The van der Waals surface area contributed by atoms with Crippen molar-refractivity contribution in [3.63, 3.8) is 0 Å². The predicted octanol–water partition coefficient (Wildman–Crippen LogP) is -0.105. The van der Waals surface area contributed by atoms with Gasteiger partial charge in [-0.05, 0) is 25.2 Å². The molecule has 6 N–H and O–H groups in total. The molecular formula is C18H34N4O5S. The second-order valence-electron chi connectivity index (χ2n) is 7.43. The molecular weight excluding hydrogens is 384 g/mol. The first-order valence-corrected chi connectivity index (χ1v) is 10.1.